The molecule has 0 aliphatic carbocycles. The van der Waals surface area contributed by atoms with Gasteiger partial charge in [-0.1, -0.05) is 71.3 Å². The van der Waals surface area contributed by atoms with Crippen molar-refractivity contribution in [1.82, 2.24) is 10.2 Å². The molecule has 0 saturated heterocycles. The standard InChI is InChI=1S/C22H24N4O2S3/c1-15(19(27)25(3)17-11-7-5-8-12-17)29-21-23-24-22(31-21)30-16(2)20(28)26(4)18-13-9-6-10-14-18/h5-16H,1-4H3. The van der Waals surface area contributed by atoms with E-state index in [0.717, 1.165) is 11.4 Å². The molecule has 0 radical (unpaired) electrons. The lowest BCUT2D eigenvalue weighted by atomic mass is 10.3. The summed E-state index contributed by atoms with van der Waals surface area (Å²) in [5.74, 6) is -0.0118. The van der Waals surface area contributed by atoms with Gasteiger partial charge in [-0.15, -0.1) is 10.2 Å². The van der Waals surface area contributed by atoms with Gasteiger partial charge in [0, 0.05) is 25.5 Å². The number of carbonyl (C=O) groups is 2. The van der Waals surface area contributed by atoms with Crippen LogP contribution in [0.4, 0.5) is 11.4 Å². The van der Waals surface area contributed by atoms with Crippen molar-refractivity contribution in [2.45, 2.75) is 33.0 Å². The minimum Gasteiger partial charge on any atom is -0.315 e. The number of benzene rings is 2. The van der Waals surface area contributed by atoms with Crippen LogP contribution in [0.25, 0.3) is 0 Å². The number of aromatic nitrogens is 2. The molecule has 6 nitrogen and oxygen atoms in total. The van der Waals surface area contributed by atoms with Gasteiger partial charge in [0.1, 0.15) is 0 Å². The second-order valence-electron chi connectivity index (χ2n) is 6.82. The van der Waals surface area contributed by atoms with Crippen molar-refractivity contribution >= 4 is 58.0 Å². The molecule has 3 rings (SSSR count). The van der Waals surface area contributed by atoms with Crippen molar-refractivity contribution in [3.05, 3.63) is 60.7 Å². The van der Waals surface area contributed by atoms with Crippen LogP contribution in [0.15, 0.2) is 69.3 Å². The van der Waals surface area contributed by atoms with Gasteiger partial charge in [-0.05, 0) is 38.1 Å². The molecular formula is C22H24N4O2S3. The molecule has 0 N–H and O–H groups in total. The summed E-state index contributed by atoms with van der Waals surface area (Å²) >= 11 is 4.16. The smallest absolute Gasteiger partial charge is 0.240 e. The van der Waals surface area contributed by atoms with Gasteiger partial charge in [-0.2, -0.15) is 0 Å². The first-order chi connectivity index (χ1) is 14.9. The second-order valence-corrected chi connectivity index (χ2v) is 11.0. The van der Waals surface area contributed by atoms with E-state index in [1.54, 1.807) is 23.9 Å². The molecule has 0 aliphatic heterocycles. The third-order valence-corrected chi connectivity index (χ3v) is 7.85. The van der Waals surface area contributed by atoms with Crippen LogP contribution >= 0.6 is 34.9 Å². The van der Waals surface area contributed by atoms with E-state index in [-0.39, 0.29) is 22.3 Å². The highest BCUT2D eigenvalue weighted by atomic mass is 32.2. The van der Waals surface area contributed by atoms with Crippen LogP contribution in [-0.4, -0.2) is 46.6 Å². The lowest BCUT2D eigenvalue weighted by molar-refractivity contribution is -0.118. The molecule has 0 bridgehead atoms. The molecule has 0 saturated carbocycles. The third-order valence-electron chi connectivity index (χ3n) is 4.59. The Balaban J connectivity index is 1.57. The minimum atomic E-state index is -0.306. The van der Waals surface area contributed by atoms with E-state index in [4.69, 9.17) is 0 Å². The number of amides is 2. The number of hydrogen-bond donors (Lipinski definition) is 0. The van der Waals surface area contributed by atoms with Crippen molar-refractivity contribution in [2.24, 2.45) is 0 Å². The lowest BCUT2D eigenvalue weighted by Crippen LogP contribution is -2.33. The van der Waals surface area contributed by atoms with E-state index in [2.05, 4.69) is 10.2 Å². The number of thioether (sulfide) groups is 2. The Labute approximate surface area is 195 Å². The number of para-hydroxylation sites is 2. The summed E-state index contributed by atoms with van der Waals surface area (Å²) in [6.45, 7) is 3.73. The molecule has 162 valence electrons. The Hall–Kier alpha value is -2.36. The fraction of sp³-hybridized carbons (Fsp3) is 0.273. The van der Waals surface area contributed by atoms with Gasteiger partial charge in [0.05, 0.1) is 10.5 Å². The van der Waals surface area contributed by atoms with E-state index in [1.807, 2.05) is 74.5 Å². The molecule has 2 amide bonds. The fourth-order valence-electron chi connectivity index (χ4n) is 2.80. The van der Waals surface area contributed by atoms with Gasteiger partial charge in [0.15, 0.2) is 8.68 Å². The Morgan fingerprint density at radius 2 is 1.10 bits per heavy atom. The van der Waals surface area contributed by atoms with Crippen molar-refractivity contribution in [1.29, 1.82) is 0 Å². The quantitative estimate of drug-likeness (QED) is 0.438. The Kier molecular flexibility index (Phi) is 8.11. The van der Waals surface area contributed by atoms with Gasteiger partial charge in [0.25, 0.3) is 0 Å². The Morgan fingerprint density at radius 1 is 0.742 bits per heavy atom. The molecule has 0 spiro atoms. The van der Waals surface area contributed by atoms with E-state index in [9.17, 15) is 9.59 Å². The molecule has 3 aromatic rings. The van der Waals surface area contributed by atoms with Gasteiger partial charge >= 0.3 is 0 Å². The first-order valence-electron chi connectivity index (χ1n) is 9.69. The van der Waals surface area contributed by atoms with Crippen molar-refractivity contribution < 1.29 is 9.59 Å². The fourth-order valence-corrected chi connectivity index (χ4v) is 6.29. The van der Waals surface area contributed by atoms with E-state index < -0.39 is 0 Å². The van der Waals surface area contributed by atoms with Crippen LogP contribution < -0.4 is 9.80 Å². The molecule has 9 heteroatoms. The van der Waals surface area contributed by atoms with Gasteiger partial charge < -0.3 is 9.80 Å². The summed E-state index contributed by atoms with van der Waals surface area (Å²) < 4.78 is 1.42. The largest absolute Gasteiger partial charge is 0.315 e. The average Bonchev–Trinajstić information content (AvgIpc) is 3.24. The molecule has 1 aromatic heterocycles. The summed E-state index contributed by atoms with van der Waals surface area (Å²) in [6.07, 6.45) is 0. The first kappa shape index (κ1) is 23.3. The van der Waals surface area contributed by atoms with Crippen LogP contribution in [-0.2, 0) is 9.59 Å². The van der Waals surface area contributed by atoms with Crippen molar-refractivity contribution in [2.75, 3.05) is 23.9 Å². The van der Waals surface area contributed by atoms with Crippen LogP contribution in [0.5, 0.6) is 0 Å². The van der Waals surface area contributed by atoms with Gasteiger partial charge in [0.2, 0.25) is 11.8 Å². The van der Waals surface area contributed by atoms with Gasteiger partial charge in [-0.3, -0.25) is 9.59 Å². The zero-order chi connectivity index (χ0) is 22.4. The first-order valence-corrected chi connectivity index (χ1v) is 12.3. The van der Waals surface area contributed by atoms with Crippen molar-refractivity contribution in [3.8, 4) is 0 Å². The zero-order valence-corrected chi connectivity index (χ0v) is 20.2. The summed E-state index contributed by atoms with van der Waals surface area (Å²) in [5.41, 5.74) is 1.70. The minimum absolute atomic E-state index is 0.00589. The van der Waals surface area contributed by atoms with Crippen LogP contribution in [0.2, 0.25) is 0 Å². The molecule has 2 unspecified atom stereocenters. The molecule has 31 heavy (non-hydrogen) atoms. The summed E-state index contributed by atoms with van der Waals surface area (Å²) in [6, 6.07) is 19.1. The second kappa shape index (κ2) is 10.8. The average molecular weight is 473 g/mol. The zero-order valence-electron chi connectivity index (χ0n) is 17.8. The number of anilines is 2. The van der Waals surface area contributed by atoms with Crippen LogP contribution in [0, 0.1) is 0 Å². The normalized spacial score (nSPS) is 12.8. The van der Waals surface area contributed by atoms with Crippen LogP contribution in [0.1, 0.15) is 13.8 Å². The van der Waals surface area contributed by atoms with Gasteiger partial charge in [-0.25, -0.2) is 0 Å². The molecular weight excluding hydrogens is 448 g/mol. The Bertz CT molecular complexity index is 934. The number of nitrogens with zero attached hydrogens (tertiary/aromatic N) is 4. The molecule has 2 atom stereocenters. The topological polar surface area (TPSA) is 66.4 Å². The van der Waals surface area contributed by atoms with E-state index in [1.165, 1.54) is 34.9 Å². The highest BCUT2D eigenvalue weighted by Crippen LogP contribution is 2.34. The number of carbonyl (C=O) groups excluding carboxylic acids is 2. The summed E-state index contributed by atoms with van der Waals surface area (Å²) in [7, 11) is 3.54. The molecule has 0 aliphatic rings. The van der Waals surface area contributed by atoms with Crippen LogP contribution in [0.3, 0.4) is 0 Å². The third kappa shape index (κ3) is 6.09. The lowest BCUT2D eigenvalue weighted by Gasteiger charge is -2.20. The van der Waals surface area contributed by atoms with E-state index in [0.29, 0.717) is 8.68 Å². The highest BCUT2D eigenvalue weighted by Gasteiger charge is 2.24. The maximum absolute atomic E-state index is 12.7. The van der Waals surface area contributed by atoms with Crippen molar-refractivity contribution in [3.63, 3.8) is 0 Å². The maximum atomic E-state index is 12.7. The number of rotatable bonds is 8. The molecule has 2 aromatic carbocycles. The van der Waals surface area contributed by atoms with E-state index >= 15 is 0 Å². The SMILES string of the molecule is CC(Sc1nnc(SC(C)C(=O)N(C)c2ccccc2)s1)C(=O)N(C)c1ccccc1. The Morgan fingerprint density at radius 3 is 1.45 bits per heavy atom. The maximum Gasteiger partial charge on any atom is 0.240 e. The predicted octanol–water partition coefficient (Wildman–Crippen LogP) is 4.83. The monoisotopic (exact) mass is 472 g/mol. The summed E-state index contributed by atoms with van der Waals surface area (Å²) in [4.78, 5) is 28.8. The number of hydrogen-bond acceptors (Lipinski definition) is 7. The molecule has 0 fully saturated rings. The molecule has 1 heterocycles. The predicted molar refractivity (Wildman–Crippen MR) is 130 cm³/mol. The highest BCUT2D eigenvalue weighted by molar-refractivity contribution is 8.04. The summed E-state index contributed by atoms with van der Waals surface area (Å²) in [5, 5.41) is 7.79.